The maximum atomic E-state index is 13.4. The Morgan fingerprint density at radius 2 is 1.71 bits per heavy atom. The molecule has 0 aromatic heterocycles. The summed E-state index contributed by atoms with van der Waals surface area (Å²) in [5.74, 6) is 1.75. The Kier molecular flexibility index (Phi) is 10.2. The first-order chi connectivity index (χ1) is 19.8. The van der Waals surface area contributed by atoms with Crippen LogP contribution in [0, 0.1) is 17.8 Å². The normalized spacial score (nSPS) is 17.0. The van der Waals surface area contributed by atoms with Crippen LogP contribution >= 0.6 is 11.6 Å². The fraction of sp³-hybridized carbons (Fsp3) is 0.485. The standard InChI is InChI=1S/C33H40ClNO6S/c1-21(2)20-40-29-19-25(31(36)28(29)17-22-9-10-22)16-23-7-6-8-24(15-23)18-30(42(38)39)35(32(37)41-33(3,4)5)27-13-11-26(34)12-14-27/h6-8,11-15,21-22,25H,9-10,16-20H2,1-5H3. The number of allylic oxidation sites excluding steroid dienone is 2. The van der Waals surface area contributed by atoms with E-state index in [1.54, 1.807) is 45.0 Å². The van der Waals surface area contributed by atoms with Gasteiger partial charge in [-0.3, -0.25) is 4.79 Å². The van der Waals surface area contributed by atoms with E-state index in [0.717, 1.165) is 41.1 Å². The Morgan fingerprint density at radius 1 is 1.05 bits per heavy atom. The average Bonchev–Trinajstić information content (AvgIpc) is 3.68. The molecule has 0 bridgehead atoms. The van der Waals surface area contributed by atoms with Crippen LogP contribution in [0.15, 0.2) is 59.9 Å². The second kappa shape index (κ2) is 13.5. The molecule has 2 aliphatic carbocycles. The Bertz CT molecular complexity index is 1480. The molecule has 0 radical (unpaired) electrons. The van der Waals surface area contributed by atoms with Crippen LogP contribution in [0.25, 0.3) is 0 Å². The first-order valence-electron chi connectivity index (χ1n) is 14.5. The number of ether oxygens (including phenoxy) is 2. The van der Waals surface area contributed by atoms with Crippen LogP contribution in [0.1, 0.15) is 71.4 Å². The molecule has 4 rings (SSSR count). The lowest BCUT2D eigenvalue weighted by molar-refractivity contribution is -0.118. The molecule has 0 N–H and O–H groups in total. The summed E-state index contributed by atoms with van der Waals surface area (Å²) in [6.07, 6.45) is 3.38. The van der Waals surface area contributed by atoms with Crippen LogP contribution in [0.2, 0.25) is 5.02 Å². The van der Waals surface area contributed by atoms with E-state index in [-0.39, 0.29) is 23.1 Å². The average molecular weight is 614 g/mol. The zero-order valence-electron chi connectivity index (χ0n) is 25.0. The molecule has 42 heavy (non-hydrogen) atoms. The van der Waals surface area contributed by atoms with Gasteiger partial charge in [0.2, 0.25) is 10.3 Å². The number of nitrogens with zero attached hydrogens (tertiary/aromatic N) is 1. The molecule has 1 unspecified atom stereocenters. The zero-order chi connectivity index (χ0) is 30.6. The molecule has 2 aromatic rings. The third kappa shape index (κ3) is 8.71. The number of benzene rings is 2. The van der Waals surface area contributed by atoms with Crippen molar-refractivity contribution in [3.8, 4) is 0 Å². The number of carbonyl (C=O) groups is 2. The van der Waals surface area contributed by atoms with Crippen LogP contribution in [-0.4, -0.2) is 37.5 Å². The monoisotopic (exact) mass is 613 g/mol. The van der Waals surface area contributed by atoms with Crippen molar-refractivity contribution in [3.63, 3.8) is 0 Å². The fourth-order valence-corrected chi connectivity index (χ4v) is 5.75. The number of halogens is 1. The van der Waals surface area contributed by atoms with E-state index in [1.165, 1.54) is 0 Å². The minimum atomic E-state index is -2.74. The molecule has 0 saturated heterocycles. The van der Waals surface area contributed by atoms with Crippen LogP contribution < -0.4 is 4.90 Å². The third-order valence-corrected chi connectivity index (χ3v) is 8.11. The van der Waals surface area contributed by atoms with E-state index in [0.29, 0.717) is 47.6 Å². The predicted octanol–water partition coefficient (Wildman–Crippen LogP) is 7.19. The lowest BCUT2D eigenvalue weighted by Crippen LogP contribution is -2.42. The van der Waals surface area contributed by atoms with Gasteiger partial charge in [0, 0.05) is 29.4 Å². The molecule has 9 heteroatoms. The van der Waals surface area contributed by atoms with Gasteiger partial charge in [-0.15, -0.1) is 0 Å². The topological polar surface area (TPSA) is 90.0 Å². The third-order valence-electron chi connectivity index (χ3n) is 7.15. The molecule has 2 aromatic carbocycles. The van der Waals surface area contributed by atoms with Gasteiger partial charge in [0.05, 0.1) is 12.3 Å². The van der Waals surface area contributed by atoms with Gasteiger partial charge in [0.1, 0.15) is 11.4 Å². The van der Waals surface area contributed by atoms with Crippen molar-refractivity contribution in [1.29, 1.82) is 0 Å². The first-order valence-corrected chi connectivity index (χ1v) is 16.0. The smallest absolute Gasteiger partial charge is 0.420 e. The minimum Gasteiger partial charge on any atom is -0.497 e. The maximum Gasteiger partial charge on any atom is 0.420 e. The predicted molar refractivity (Wildman–Crippen MR) is 166 cm³/mol. The maximum absolute atomic E-state index is 13.4. The lowest BCUT2D eigenvalue weighted by atomic mass is 9.93. The number of carbonyl (C=O) groups excluding carboxylic acids is 2. The highest BCUT2D eigenvalue weighted by atomic mass is 35.5. The van der Waals surface area contributed by atoms with E-state index in [2.05, 4.69) is 13.8 Å². The summed E-state index contributed by atoms with van der Waals surface area (Å²) in [7, 11) is -2.74. The van der Waals surface area contributed by atoms with Crippen LogP contribution in [0.3, 0.4) is 0 Å². The summed E-state index contributed by atoms with van der Waals surface area (Å²) in [5, 5.41) is 0.453. The van der Waals surface area contributed by atoms with E-state index in [9.17, 15) is 18.0 Å². The number of hydrogen-bond acceptors (Lipinski definition) is 6. The van der Waals surface area contributed by atoms with E-state index in [1.807, 2.05) is 24.3 Å². The van der Waals surface area contributed by atoms with E-state index >= 15 is 0 Å². The SMILES string of the molecule is CC(C)COC1=C(CC2CC2)C(=O)C(Cc2cccc(CC(N(C(=O)OC(C)(C)C)c3ccc(Cl)cc3)=S(=O)=O)c2)C1. The van der Waals surface area contributed by atoms with Crippen molar-refractivity contribution < 1.29 is 27.5 Å². The van der Waals surface area contributed by atoms with Crippen LogP contribution in [0.4, 0.5) is 10.5 Å². The Labute approximate surface area is 255 Å². The van der Waals surface area contributed by atoms with Crippen LogP contribution in [0.5, 0.6) is 0 Å². The Hall–Kier alpha value is -3.10. The molecule has 0 spiro atoms. The van der Waals surface area contributed by atoms with Gasteiger partial charge in [-0.1, -0.05) is 49.7 Å². The summed E-state index contributed by atoms with van der Waals surface area (Å²) in [5.41, 5.74) is 1.96. The van der Waals surface area contributed by atoms with E-state index < -0.39 is 22.0 Å². The number of ketones is 1. The second-order valence-corrected chi connectivity index (χ2v) is 14.0. The van der Waals surface area contributed by atoms with Gasteiger partial charge in [-0.25, -0.2) is 9.69 Å². The van der Waals surface area contributed by atoms with Gasteiger partial charge in [-0.05, 0) is 93.7 Å². The van der Waals surface area contributed by atoms with Gasteiger partial charge in [-0.2, -0.15) is 8.42 Å². The molecule has 7 nitrogen and oxygen atoms in total. The second-order valence-electron chi connectivity index (χ2n) is 12.6. The van der Waals surface area contributed by atoms with Gasteiger partial charge in [0.25, 0.3) is 0 Å². The van der Waals surface area contributed by atoms with Crippen molar-refractivity contribution in [2.24, 2.45) is 17.8 Å². The number of amides is 1. The molecule has 226 valence electrons. The molecule has 0 aliphatic heterocycles. The highest BCUT2D eigenvalue weighted by Crippen LogP contribution is 2.41. The summed E-state index contributed by atoms with van der Waals surface area (Å²) >= 11 is 6.05. The summed E-state index contributed by atoms with van der Waals surface area (Å²) in [6.45, 7) is 9.94. The van der Waals surface area contributed by atoms with Crippen LogP contribution in [-0.2, 0) is 37.4 Å². The van der Waals surface area contributed by atoms with Gasteiger partial charge >= 0.3 is 6.09 Å². The lowest BCUT2D eigenvalue weighted by Gasteiger charge is -2.27. The largest absolute Gasteiger partial charge is 0.497 e. The van der Waals surface area contributed by atoms with Crippen molar-refractivity contribution in [2.45, 2.75) is 78.7 Å². The highest BCUT2D eigenvalue weighted by molar-refractivity contribution is 7.73. The Morgan fingerprint density at radius 3 is 2.31 bits per heavy atom. The molecular weight excluding hydrogens is 574 g/mol. The minimum absolute atomic E-state index is 0.0433. The van der Waals surface area contributed by atoms with Crippen molar-refractivity contribution >= 4 is 44.4 Å². The number of Topliss-reactive ketones (excluding diaryl/α,β-unsaturated/α-hetero) is 1. The summed E-state index contributed by atoms with van der Waals surface area (Å²) in [4.78, 5) is 27.6. The van der Waals surface area contributed by atoms with Crippen molar-refractivity contribution in [1.82, 2.24) is 0 Å². The Balaban J connectivity index is 1.56. The molecule has 1 saturated carbocycles. The molecular formula is C33H40ClNO6S. The van der Waals surface area contributed by atoms with Crippen molar-refractivity contribution in [2.75, 3.05) is 11.5 Å². The van der Waals surface area contributed by atoms with Crippen molar-refractivity contribution in [3.05, 3.63) is 76.0 Å². The summed E-state index contributed by atoms with van der Waals surface area (Å²) in [6, 6.07) is 13.8. The van der Waals surface area contributed by atoms with E-state index in [4.69, 9.17) is 21.1 Å². The summed E-state index contributed by atoms with van der Waals surface area (Å²) < 4.78 is 36.8. The van der Waals surface area contributed by atoms with Gasteiger partial charge in [0.15, 0.2) is 10.8 Å². The van der Waals surface area contributed by atoms with Gasteiger partial charge < -0.3 is 9.47 Å². The number of anilines is 1. The highest BCUT2D eigenvalue weighted by Gasteiger charge is 2.37. The molecule has 1 atom stereocenters. The quantitative estimate of drug-likeness (QED) is 0.263. The molecule has 0 heterocycles. The number of hydrogen-bond donors (Lipinski definition) is 0. The molecule has 1 amide bonds. The zero-order valence-corrected chi connectivity index (χ0v) is 26.6. The number of rotatable bonds is 10. The molecule has 1 fully saturated rings. The first kappa shape index (κ1) is 31.8. The fourth-order valence-electron chi connectivity index (χ4n) is 5.01. The molecule has 2 aliphatic rings.